The Kier molecular flexibility index (Phi) is 4.34. The molecule has 212 valence electrons. The Labute approximate surface area is 279 Å². The third-order valence-electron chi connectivity index (χ3n) is 7.71. The van der Waals surface area contributed by atoms with Gasteiger partial charge in [0, 0.05) is 5.39 Å². The van der Waals surface area contributed by atoms with E-state index in [1.807, 2.05) is 30.3 Å². The zero-order chi connectivity index (χ0) is 40.4. The Bertz CT molecular complexity index is 2920. The van der Waals surface area contributed by atoms with Gasteiger partial charge in [0.1, 0.15) is 5.58 Å². The van der Waals surface area contributed by atoms with Crippen LogP contribution in [0.2, 0.25) is 0 Å². The molecule has 0 spiro atoms. The van der Waals surface area contributed by atoms with Gasteiger partial charge in [-0.3, -0.25) is 0 Å². The Morgan fingerprint density at radius 3 is 1.58 bits per heavy atom. The standard InChI is InChI=1S/C44H30O/c1-3-14-31(15-4-1)32-25-27-34(28-26-32)43-37-19-8-10-21-39(37)44(40-22-11-9-20-38(40)43)41-30-35-18-7-12-24-42(35)45-29-13-23-36(41)33-16-5-2-6-17-33/h1-30H/i8D,9D,10D,11D,19D,20D,21D,22D,25D,26D,27D,28D. The highest BCUT2D eigenvalue weighted by atomic mass is 16.3. The molecule has 0 N–H and O–H groups in total. The average Bonchev–Trinajstić information content (AvgIpc) is 3.32. The largest absolute Gasteiger partial charge is 0.464 e. The van der Waals surface area contributed by atoms with Crippen LogP contribution in [0.15, 0.2) is 186 Å². The maximum Gasteiger partial charge on any atom is 0.133 e. The number of rotatable bonds is 4. The first-order valence-electron chi connectivity index (χ1n) is 20.4. The topological polar surface area (TPSA) is 13.1 Å². The highest BCUT2D eigenvalue weighted by Crippen LogP contribution is 2.46. The van der Waals surface area contributed by atoms with Crippen molar-refractivity contribution in [3.8, 4) is 44.5 Å². The quantitative estimate of drug-likeness (QED) is 0.187. The molecule has 0 saturated carbocycles. The lowest BCUT2D eigenvalue weighted by Gasteiger charge is -2.19. The van der Waals surface area contributed by atoms with Crippen LogP contribution in [0.5, 0.6) is 0 Å². The van der Waals surface area contributed by atoms with E-state index in [4.69, 9.17) is 12.6 Å². The van der Waals surface area contributed by atoms with Crippen LogP contribution in [-0.4, -0.2) is 0 Å². The van der Waals surface area contributed by atoms with Crippen molar-refractivity contribution >= 4 is 32.5 Å². The van der Waals surface area contributed by atoms with Gasteiger partial charge in [-0.05, 0) is 84.3 Å². The fourth-order valence-corrected chi connectivity index (χ4v) is 5.69. The van der Waals surface area contributed by atoms with Crippen LogP contribution in [0.25, 0.3) is 77.0 Å². The van der Waals surface area contributed by atoms with E-state index < -0.39 is 72.5 Å². The minimum absolute atomic E-state index is 0.00528. The van der Waals surface area contributed by atoms with E-state index in [1.54, 1.807) is 72.8 Å². The van der Waals surface area contributed by atoms with E-state index in [9.17, 15) is 8.22 Å². The summed E-state index contributed by atoms with van der Waals surface area (Å²) in [4.78, 5) is 0. The summed E-state index contributed by atoms with van der Waals surface area (Å²) < 4.78 is 116. The summed E-state index contributed by atoms with van der Waals surface area (Å²) in [6, 6.07) is 23.2. The first-order valence-corrected chi connectivity index (χ1v) is 14.4. The van der Waals surface area contributed by atoms with Gasteiger partial charge in [-0.15, -0.1) is 0 Å². The molecule has 0 saturated heterocycles. The summed E-state index contributed by atoms with van der Waals surface area (Å²) in [5.41, 5.74) is 1.83. The Balaban J connectivity index is 1.73. The van der Waals surface area contributed by atoms with Crippen molar-refractivity contribution in [1.82, 2.24) is 0 Å². The summed E-state index contributed by atoms with van der Waals surface area (Å²) in [5, 5.41) is -0.159. The van der Waals surface area contributed by atoms with Crippen molar-refractivity contribution in [2.24, 2.45) is 0 Å². The maximum atomic E-state index is 9.50. The Morgan fingerprint density at radius 2 is 0.933 bits per heavy atom. The zero-order valence-corrected chi connectivity index (χ0v) is 23.8. The average molecular weight is 587 g/mol. The monoisotopic (exact) mass is 586 g/mol. The molecule has 0 amide bonds. The number of hydrogen-bond donors (Lipinski definition) is 0. The molecule has 1 heteroatoms. The molecule has 0 bridgehead atoms. The van der Waals surface area contributed by atoms with Crippen LogP contribution in [0.4, 0.5) is 0 Å². The van der Waals surface area contributed by atoms with Gasteiger partial charge in [-0.25, -0.2) is 0 Å². The van der Waals surface area contributed by atoms with E-state index in [0.717, 1.165) is 0 Å². The summed E-state index contributed by atoms with van der Waals surface area (Å²) in [5.74, 6) is 0. The second kappa shape index (κ2) is 11.6. The Hall–Kier alpha value is -5.92. The van der Waals surface area contributed by atoms with Crippen molar-refractivity contribution in [1.29, 1.82) is 0 Å². The second-order valence-corrected chi connectivity index (χ2v) is 10.4. The molecule has 0 aliphatic rings. The normalized spacial score (nSPS) is 14.8. The Morgan fingerprint density at radius 1 is 0.400 bits per heavy atom. The van der Waals surface area contributed by atoms with E-state index in [-0.39, 0.29) is 43.8 Å². The summed E-state index contributed by atoms with van der Waals surface area (Å²) in [7, 11) is 0. The predicted molar refractivity (Wildman–Crippen MR) is 191 cm³/mol. The highest BCUT2D eigenvalue weighted by Gasteiger charge is 2.18. The van der Waals surface area contributed by atoms with Crippen LogP contribution >= 0.6 is 0 Å². The summed E-state index contributed by atoms with van der Waals surface area (Å²) >= 11 is 0. The fraction of sp³-hybridized carbons (Fsp3) is 0. The molecular formula is C44H30O. The summed E-state index contributed by atoms with van der Waals surface area (Å²) in [6.07, 6.45) is 1.50. The van der Waals surface area contributed by atoms with Gasteiger partial charge in [0.15, 0.2) is 0 Å². The highest BCUT2D eigenvalue weighted by molar-refractivity contribution is 6.22. The molecule has 0 fully saturated rings. The molecule has 1 heterocycles. The van der Waals surface area contributed by atoms with Crippen LogP contribution in [0, 0.1) is 0 Å². The third-order valence-corrected chi connectivity index (χ3v) is 7.71. The first-order chi connectivity index (χ1) is 27.3. The van der Waals surface area contributed by atoms with Crippen molar-refractivity contribution in [3.63, 3.8) is 0 Å². The van der Waals surface area contributed by atoms with Crippen LogP contribution in [0.3, 0.4) is 0 Å². The minimum atomic E-state index is -0.653. The molecule has 8 aromatic rings. The predicted octanol–water partition coefficient (Wildman–Crippen LogP) is 12.5. The lowest BCUT2D eigenvalue weighted by molar-refractivity contribution is 0.606. The number of hydrogen-bond acceptors (Lipinski definition) is 1. The van der Waals surface area contributed by atoms with Gasteiger partial charge in [0.05, 0.1) is 22.7 Å². The van der Waals surface area contributed by atoms with Crippen LogP contribution in [-0.2, 0) is 0 Å². The molecule has 7 aromatic carbocycles. The van der Waals surface area contributed by atoms with Crippen molar-refractivity contribution in [2.75, 3.05) is 0 Å². The van der Waals surface area contributed by atoms with Gasteiger partial charge in [0.2, 0.25) is 0 Å². The number of fused-ring (bicyclic) bond motifs is 3. The molecule has 8 rings (SSSR count). The fourth-order valence-electron chi connectivity index (χ4n) is 5.69. The molecule has 45 heavy (non-hydrogen) atoms. The second-order valence-electron chi connectivity index (χ2n) is 10.4. The number of benzene rings is 7. The van der Waals surface area contributed by atoms with E-state index in [1.165, 1.54) is 6.26 Å². The molecular weight excluding hydrogens is 544 g/mol. The lowest BCUT2D eigenvalue weighted by atomic mass is 9.84. The van der Waals surface area contributed by atoms with Gasteiger partial charge in [-0.2, -0.15) is 0 Å². The van der Waals surface area contributed by atoms with Crippen molar-refractivity contribution in [3.05, 3.63) is 182 Å². The maximum absolute atomic E-state index is 9.50. The molecule has 0 aliphatic carbocycles. The molecule has 0 radical (unpaired) electrons. The van der Waals surface area contributed by atoms with Gasteiger partial charge < -0.3 is 4.42 Å². The van der Waals surface area contributed by atoms with E-state index in [2.05, 4.69) is 0 Å². The minimum Gasteiger partial charge on any atom is -0.464 e. The van der Waals surface area contributed by atoms with Crippen molar-refractivity contribution in [2.45, 2.75) is 0 Å². The molecule has 1 aromatic heterocycles. The summed E-state index contributed by atoms with van der Waals surface area (Å²) in [6.45, 7) is 0. The molecule has 0 aliphatic heterocycles. The van der Waals surface area contributed by atoms with Crippen LogP contribution in [0.1, 0.15) is 16.4 Å². The van der Waals surface area contributed by atoms with Gasteiger partial charge in [0.25, 0.3) is 0 Å². The molecule has 0 unspecified atom stereocenters. The number of para-hydroxylation sites is 1. The van der Waals surface area contributed by atoms with Crippen molar-refractivity contribution < 1.29 is 20.9 Å². The van der Waals surface area contributed by atoms with Crippen LogP contribution < -0.4 is 0 Å². The SMILES string of the molecule is [2H]c1c([2H])c(-c2c3c([2H])c([2H])c([2H])c([2H])c3c(-c3cc4ccccc4occcc3-c3ccccc3)c3c([2H])c([2H])c([2H])c([2H])c23)c([2H])c([2H])c1-c1ccccc1. The lowest BCUT2D eigenvalue weighted by Crippen LogP contribution is -1.92. The smallest absolute Gasteiger partial charge is 0.133 e. The van der Waals surface area contributed by atoms with Gasteiger partial charge in [-0.1, -0.05) is 157 Å². The first kappa shape index (κ1) is 16.8. The molecule has 0 atom stereocenters. The zero-order valence-electron chi connectivity index (χ0n) is 35.8. The third kappa shape index (κ3) is 4.95. The molecule has 1 nitrogen and oxygen atoms in total. The van der Waals surface area contributed by atoms with E-state index in [0.29, 0.717) is 33.2 Å². The van der Waals surface area contributed by atoms with E-state index >= 15 is 0 Å². The van der Waals surface area contributed by atoms with Gasteiger partial charge >= 0.3 is 0 Å².